The van der Waals surface area contributed by atoms with Crippen molar-refractivity contribution < 1.29 is 4.79 Å². The fraction of sp³-hybridized carbons (Fsp3) is 0.417. The molecular formula is C12H17NO. The predicted molar refractivity (Wildman–Crippen MR) is 58.3 cm³/mol. The molecule has 1 N–H and O–H groups in total. The third-order valence-corrected chi connectivity index (χ3v) is 2.11. The first-order chi connectivity index (χ1) is 6.83. The number of carbonyl (C=O) groups excluding carboxylic acids is 1. The highest BCUT2D eigenvalue weighted by molar-refractivity contribution is 5.80. The highest BCUT2D eigenvalue weighted by Gasteiger charge is 2.00. The summed E-state index contributed by atoms with van der Waals surface area (Å²) in [4.78, 5) is 11.3. The van der Waals surface area contributed by atoms with Gasteiger partial charge in [0.25, 0.3) is 0 Å². The van der Waals surface area contributed by atoms with E-state index in [-0.39, 0.29) is 5.78 Å². The average Bonchev–Trinajstić information content (AvgIpc) is 2.25. The summed E-state index contributed by atoms with van der Waals surface area (Å²) in [5, 5.41) is 3.03. The Kier molecular flexibility index (Phi) is 4.94. The van der Waals surface area contributed by atoms with Gasteiger partial charge in [0.1, 0.15) is 5.78 Å². The van der Waals surface area contributed by atoms with Crippen LogP contribution in [0.25, 0.3) is 0 Å². The summed E-state index contributed by atoms with van der Waals surface area (Å²) in [6, 6.07) is 10.1. The number of rotatable bonds is 6. The van der Waals surface area contributed by atoms with Gasteiger partial charge in [0.15, 0.2) is 0 Å². The van der Waals surface area contributed by atoms with Gasteiger partial charge in [-0.25, -0.2) is 0 Å². The number of hydrogen-bond acceptors (Lipinski definition) is 2. The minimum absolute atomic E-state index is 0.288. The van der Waals surface area contributed by atoms with Crippen LogP contribution >= 0.6 is 0 Å². The van der Waals surface area contributed by atoms with Crippen molar-refractivity contribution in [3.63, 3.8) is 0 Å². The van der Waals surface area contributed by atoms with Gasteiger partial charge < -0.3 is 5.32 Å². The van der Waals surface area contributed by atoms with Crippen molar-refractivity contribution in [1.29, 1.82) is 0 Å². The highest BCUT2D eigenvalue weighted by Crippen LogP contribution is 2.02. The van der Waals surface area contributed by atoms with E-state index in [2.05, 4.69) is 17.4 Å². The molecule has 0 atom stereocenters. The van der Waals surface area contributed by atoms with Crippen LogP contribution in [-0.4, -0.2) is 18.9 Å². The summed E-state index contributed by atoms with van der Waals surface area (Å²) in [7, 11) is 0. The van der Waals surface area contributed by atoms with Crippen molar-refractivity contribution >= 4 is 5.78 Å². The molecule has 0 aromatic heterocycles. The highest BCUT2D eigenvalue weighted by atomic mass is 16.1. The largest absolute Gasteiger partial charge is 0.310 e. The van der Waals surface area contributed by atoms with Crippen LogP contribution in [0.15, 0.2) is 30.3 Å². The first-order valence-electron chi connectivity index (χ1n) is 5.09. The fourth-order valence-electron chi connectivity index (χ4n) is 1.28. The summed E-state index contributed by atoms with van der Waals surface area (Å²) >= 11 is 0. The van der Waals surface area contributed by atoms with Gasteiger partial charge in [0.05, 0.1) is 6.54 Å². The molecule has 0 aliphatic rings. The van der Waals surface area contributed by atoms with E-state index in [4.69, 9.17) is 0 Å². The molecule has 2 heteroatoms. The summed E-state index contributed by atoms with van der Waals surface area (Å²) in [5.74, 6) is 0.288. The number of likely N-dealkylation sites (N-methyl/N-ethyl adjacent to an activating group) is 1. The van der Waals surface area contributed by atoms with Crippen LogP contribution in [0.1, 0.15) is 18.9 Å². The van der Waals surface area contributed by atoms with Crippen LogP contribution in [0.5, 0.6) is 0 Å². The van der Waals surface area contributed by atoms with Crippen molar-refractivity contribution in [3.05, 3.63) is 35.9 Å². The normalized spacial score (nSPS) is 10.1. The van der Waals surface area contributed by atoms with E-state index in [9.17, 15) is 4.79 Å². The minimum atomic E-state index is 0.288. The van der Waals surface area contributed by atoms with Gasteiger partial charge in [0, 0.05) is 6.42 Å². The molecule has 0 saturated heterocycles. The summed E-state index contributed by atoms with van der Waals surface area (Å²) in [6.07, 6.45) is 1.49. The van der Waals surface area contributed by atoms with Crippen molar-refractivity contribution in [2.45, 2.75) is 19.8 Å². The van der Waals surface area contributed by atoms with Gasteiger partial charge in [-0.3, -0.25) is 4.79 Å². The van der Waals surface area contributed by atoms with Crippen LogP contribution in [0, 0.1) is 0 Å². The number of carbonyl (C=O) groups is 1. The van der Waals surface area contributed by atoms with E-state index >= 15 is 0 Å². The van der Waals surface area contributed by atoms with Crippen molar-refractivity contribution in [2.24, 2.45) is 0 Å². The number of ketones is 1. The molecule has 76 valence electrons. The molecule has 0 radical (unpaired) electrons. The maximum absolute atomic E-state index is 11.3. The monoisotopic (exact) mass is 191 g/mol. The molecular weight excluding hydrogens is 174 g/mol. The molecule has 0 spiro atoms. The molecule has 0 heterocycles. The van der Waals surface area contributed by atoms with Crippen LogP contribution in [0.4, 0.5) is 0 Å². The van der Waals surface area contributed by atoms with Gasteiger partial charge >= 0.3 is 0 Å². The first kappa shape index (κ1) is 10.9. The molecule has 1 aromatic rings. The lowest BCUT2D eigenvalue weighted by molar-refractivity contribution is -0.118. The Bertz CT molecular complexity index is 269. The van der Waals surface area contributed by atoms with E-state index in [1.165, 1.54) is 5.56 Å². The van der Waals surface area contributed by atoms with Crippen LogP contribution in [0.3, 0.4) is 0 Å². The quantitative estimate of drug-likeness (QED) is 0.743. The van der Waals surface area contributed by atoms with E-state index in [1.807, 2.05) is 25.1 Å². The number of nitrogens with one attached hydrogen (secondary N) is 1. The maximum Gasteiger partial charge on any atom is 0.146 e. The van der Waals surface area contributed by atoms with Crippen LogP contribution in [-0.2, 0) is 11.2 Å². The number of aryl methyl sites for hydroxylation is 1. The number of hydrogen-bond donors (Lipinski definition) is 1. The average molecular weight is 191 g/mol. The van der Waals surface area contributed by atoms with Crippen molar-refractivity contribution in [2.75, 3.05) is 13.1 Å². The number of benzene rings is 1. The zero-order chi connectivity index (χ0) is 10.2. The second-order valence-electron chi connectivity index (χ2n) is 3.30. The molecule has 0 amide bonds. The van der Waals surface area contributed by atoms with E-state index in [1.54, 1.807) is 0 Å². The Morgan fingerprint density at radius 1 is 1.29 bits per heavy atom. The smallest absolute Gasteiger partial charge is 0.146 e. The molecule has 0 bridgehead atoms. The zero-order valence-corrected chi connectivity index (χ0v) is 8.62. The maximum atomic E-state index is 11.3. The lowest BCUT2D eigenvalue weighted by atomic mass is 10.1. The van der Waals surface area contributed by atoms with E-state index < -0.39 is 0 Å². The van der Waals surface area contributed by atoms with Gasteiger partial charge in [-0.2, -0.15) is 0 Å². The molecule has 0 unspecified atom stereocenters. The molecule has 0 fully saturated rings. The lowest BCUT2D eigenvalue weighted by Gasteiger charge is -2.01. The Labute approximate surface area is 85.3 Å². The molecule has 1 aromatic carbocycles. The topological polar surface area (TPSA) is 29.1 Å². The zero-order valence-electron chi connectivity index (χ0n) is 8.62. The molecule has 2 nitrogen and oxygen atoms in total. The summed E-state index contributed by atoms with van der Waals surface area (Å²) < 4.78 is 0. The molecule has 0 aliphatic heterocycles. The Morgan fingerprint density at radius 3 is 2.64 bits per heavy atom. The minimum Gasteiger partial charge on any atom is -0.310 e. The van der Waals surface area contributed by atoms with Gasteiger partial charge in [-0.1, -0.05) is 37.3 Å². The standard InChI is InChI=1S/C12H17NO/c1-2-13-10-12(14)9-8-11-6-4-3-5-7-11/h3-7,13H,2,8-10H2,1H3. The first-order valence-corrected chi connectivity index (χ1v) is 5.09. The lowest BCUT2D eigenvalue weighted by Crippen LogP contribution is -2.22. The Morgan fingerprint density at radius 2 is 2.00 bits per heavy atom. The second-order valence-corrected chi connectivity index (χ2v) is 3.30. The third-order valence-electron chi connectivity index (χ3n) is 2.11. The SMILES string of the molecule is CCNCC(=O)CCc1ccccc1. The molecule has 1 rings (SSSR count). The summed E-state index contributed by atoms with van der Waals surface area (Å²) in [5.41, 5.74) is 1.23. The third kappa shape index (κ3) is 4.19. The molecule has 14 heavy (non-hydrogen) atoms. The van der Waals surface area contributed by atoms with Crippen LogP contribution < -0.4 is 5.32 Å². The van der Waals surface area contributed by atoms with E-state index in [0.29, 0.717) is 13.0 Å². The fourth-order valence-corrected chi connectivity index (χ4v) is 1.28. The number of Topliss-reactive ketones (excluding diaryl/α,β-unsaturated/α-hetero) is 1. The Hall–Kier alpha value is -1.15. The Balaban J connectivity index is 2.24. The summed E-state index contributed by atoms with van der Waals surface area (Å²) in [6.45, 7) is 3.37. The van der Waals surface area contributed by atoms with E-state index in [0.717, 1.165) is 13.0 Å². The molecule has 0 saturated carbocycles. The van der Waals surface area contributed by atoms with Gasteiger partial charge in [0.2, 0.25) is 0 Å². The predicted octanol–water partition coefficient (Wildman–Crippen LogP) is 1.80. The van der Waals surface area contributed by atoms with Crippen molar-refractivity contribution in [1.82, 2.24) is 5.32 Å². The second kappa shape index (κ2) is 6.33. The molecule has 0 aliphatic carbocycles. The van der Waals surface area contributed by atoms with Gasteiger partial charge in [-0.05, 0) is 18.5 Å². The van der Waals surface area contributed by atoms with Crippen LogP contribution in [0.2, 0.25) is 0 Å². The van der Waals surface area contributed by atoms with Crippen molar-refractivity contribution in [3.8, 4) is 0 Å². The van der Waals surface area contributed by atoms with Gasteiger partial charge in [-0.15, -0.1) is 0 Å².